The highest BCUT2D eigenvalue weighted by Gasteiger charge is 2.24. The van der Waals surface area contributed by atoms with Crippen LogP contribution in [0.25, 0.3) is 0 Å². The Morgan fingerprint density at radius 2 is 1.96 bits per heavy atom. The zero-order chi connectivity index (χ0) is 18.3. The van der Waals surface area contributed by atoms with Gasteiger partial charge >= 0.3 is 0 Å². The Bertz CT molecular complexity index is 563. The smallest absolute Gasteiger partial charge is 0.220 e. The molecule has 0 unspecified atom stereocenters. The molecule has 0 radical (unpaired) electrons. The standard InChI is InChI=1S/C21H34N2O2/c1-17-15-19(25-4)12-11-18(17)9-8-10-20(24)22-21(2,3)16-23-13-6-5-7-14-23/h11-12,15H,5-10,13-14,16H2,1-4H3,(H,22,24). The second-order valence-electron chi connectivity index (χ2n) is 7.91. The molecule has 2 rings (SSSR count). The first-order valence-electron chi connectivity index (χ1n) is 9.56. The van der Waals surface area contributed by atoms with Crippen molar-refractivity contribution in [1.29, 1.82) is 0 Å². The molecule has 140 valence electrons. The molecule has 1 saturated heterocycles. The zero-order valence-corrected chi connectivity index (χ0v) is 16.4. The lowest BCUT2D eigenvalue weighted by atomic mass is 10.0. The van der Waals surface area contributed by atoms with Gasteiger partial charge in [-0.25, -0.2) is 0 Å². The van der Waals surface area contributed by atoms with E-state index in [1.165, 1.54) is 30.4 Å². The molecule has 0 saturated carbocycles. The van der Waals surface area contributed by atoms with Crippen molar-refractivity contribution in [3.05, 3.63) is 29.3 Å². The SMILES string of the molecule is COc1ccc(CCCC(=O)NC(C)(C)CN2CCCCC2)c(C)c1. The van der Waals surface area contributed by atoms with Crippen molar-refractivity contribution >= 4 is 5.91 Å². The second-order valence-corrected chi connectivity index (χ2v) is 7.91. The number of carbonyl (C=O) groups excluding carboxylic acids is 1. The number of methoxy groups -OCH3 is 1. The van der Waals surface area contributed by atoms with Crippen molar-refractivity contribution in [1.82, 2.24) is 10.2 Å². The maximum atomic E-state index is 12.3. The Balaban J connectivity index is 1.74. The van der Waals surface area contributed by atoms with Crippen molar-refractivity contribution in [2.75, 3.05) is 26.7 Å². The molecule has 1 aromatic carbocycles. The van der Waals surface area contributed by atoms with E-state index in [2.05, 4.69) is 43.1 Å². The van der Waals surface area contributed by atoms with Gasteiger partial charge in [-0.15, -0.1) is 0 Å². The predicted molar refractivity (Wildman–Crippen MR) is 103 cm³/mol. The normalized spacial score (nSPS) is 15.8. The maximum Gasteiger partial charge on any atom is 0.220 e. The fraction of sp³-hybridized carbons (Fsp3) is 0.667. The van der Waals surface area contributed by atoms with E-state index >= 15 is 0 Å². The number of ether oxygens (including phenoxy) is 1. The number of rotatable bonds is 8. The molecule has 0 atom stereocenters. The summed E-state index contributed by atoms with van der Waals surface area (Å²) in [4.78, 5) is 14.8. The Morgan fingerprint density at radius 3 is 2.60 bits per heavy atom. The highest BCUT2D eigenvalue weighted by molar-refractivity contribution is 5.76. The summed E-state index contributed by atoms with van der Waals surface area (Å²) in [6, 6.07) is 6.15. The van der Waals surface area contributed by atoms with Crippen LogP contribution in [0.4, 0.5) is 0 Å². The summed E-state index contributed by atoms with van der Waals surface area (Å²) < 4.78 is 5.24. The number of piperidine rings is 1. The van der Waals surface area contributed by atoms with Gasteiger partial charge in [0.05, 0.1) is 7.11 Å². The highest BCUT2D eigenvalue weighted by atomic mass is 16.5. The minimum Gasteiger partial charge on any atom is -0.497 e. The summed E-state index contributed by atoms with van der Waals surface area (Å²) in [5, 5.41) is 3.22. The summed E-state index contributed by atoms with van der Waals surface area (Å²) in [6.07, 6.45) is 6.29. The molecule has 1 heterocycles. The van der Waals surface area contributed by atoms with E-state index in [1.54, 1.807) is 7.11 Å². The van der Waals surface area contributed by atoms with Gasteiger partial charge in [-0.05, 0) is 82.8 Å². The van der Waals surface area contributed by atoms with E-state index in [-0.39, 0.29) is 11.4 Å². The van der Waals surface area contributed by atoms with E-state index in [4.69, 9.17) is 4.74 Å². The lowest BCUT2D eigenvalue weighted by Crippen LogP contribution is -2.52. The van der Waals surface area contributed by atoms with Crippen LogP contribution in [0.15, 0.2) is 18.2 Å². The second kappa shape index (κ2) is 9.23. The molecule has 0 aliphatic carbocycles. The lowest BCUT2D eigenvalue weighted by molar-refractivity contribution is -0.123. The van der Waals surface area contributed by atoms with Gasteiger partial charge in [0.25, 0.3) is 0 Å². The van der Waals surface area contributed by atoms with Gasteiger partial charge in [-0.2, -0.15) is 0 Å². The van der Waals surface area contributed by atoms with Gasteiger partial charge in [0.2, 0.25) is 5.91 Å². The first kappa shape index (κ1) is 19.8. The van der Waals surface area contributed by atoms with Crippen LogP contribution in [0.5, 0.6) is 5.75 Å². The molecular weight excluding hydrogens is 312 g/mol. The van der Waals surface area contributed by atoms with E-state index in [9.17, 15) is 4.79 Å². The number of nitrogens with one attached hydrogen (secondary N) is 1. The van der Waals surface area contributed by atoms with E-state index in [1.807, 2.05) is 6.07 Å². The molecule has 1 amide bonds. The number of carbonyl (C=O) groups is 1. The minimum atomic E-state index is -0.162. The molecule has 25 heavy (non-hydrogen) atoms. The van der Waals surface area contributed by atoms with Crippen LogP contribution in [-0.2, 0) is 11.2 Å². The molecule has 0 aromatic heterocycles. The van der Waals surface area contributed by atoms with Crippen molar-refractivity contribution in [3.8, 4) is 5.75 Å². The fourth-order valence-corrected chi connectivity index (χ4v) is 3.67. The van der Waals surface area contributed by atoms with Gasteiger partial charge in [0, 0.05) is 18.5 Å². The largest absolute Gasteiger partial charge is 0.497 e. The Kier molecular flexibility index (Phi) is 7.30. The molecule has 0 spiro atoms. The molecule has 1 aliphatic heterocycles. The van der Waals surface area contributed by atoms with Crippen molar-refractivity contribution in [3.63, 3.8) is 0 Å². The Morgan fingerprint density at radius 1 is 1.24 bits per heavy atom. The van der Waals surface area contributed by atoms with Crippen LogP contribution in [0.1, 0.15) is 57.1 Å². The van der Waals surface area contributed by atoms with E-state index in [0.717, 1.165) is 38.2 Å². The molecular formula is C21H34N2O2. The van der Waals surface area contributed by atoms with Gasteiger partial charge < -0.3 is 15.0 Å². The number of aryl methyl sites for hydroxylation is 2. The zero-order valence-electron chi connectivity index (χ0n) is 16.4. The molecule has 1 fully saturated rings. The fourth-order valence-electron chi connectivity index (χ4n) is 3.67. The number of likely N-dealkylation sites (tertiary alicyclic amines) is 1. The van der Waals surface area contributed by atoms with Crippen molar-refractivity contribution in [2.45, 2.75) is 64.8 Å². The van der Waals surface area contributed by atoms with Crippen LogP contribution in [0.2, 0.25) is 0 Å². The molecule has 0 bridgehead atoms. The van der Waals surface area contributed by atoms with Gasteiger partial charge in [0.15, 0.2) is 0 Å². The van der Waals surface area contributed by atoms with Crippen molar-refractivity contribution < 1.29 is 9.53 Å². The maximum absolute atomic E-state index is 12.3. The predicted octanol–water partition coefficient (Wildman–Crippen LogP) is 3.71. The Hall–Kier alpha value is -1.55. The Labute approximate surface area is 152 Å². The summed E-state index contributed by atoms with van der Waals surface area (Å²) >= 11 is 0. The number of amides is 1. The topological polar surface area (TPSA) is 41.6 Å². The first-order chi connectivity index (χ1) is 11.9. The van der Waals surface area contributed by atoms with E-state index < -0.39 is 0 Å². The van der Waals surface area contributed by atoms with E-state index in [0.29, 0.717) is 6.42 Å². The average Bonchev–Trinajstić information content (AvgIpc) is 2.56. The van der Waals surface area contributed by atoms with Crippen molar-refractivity contribution in [2.24, 2.45) is 0 Å². The third-order valence-electron chi connectivity index (χ3n) is 4.95. The number of benzene rings is 1. The summed E-state index contributed by atoms with van der Waals surface area (Å²) in [5.41, 5.74) is 2.36. The summed E-state index contributed by atoms with van der Waals surface area (Å²) in [7, 11) is 1.68. The number of hydrogen-bond donors (Lipinski definition) is 1. The third-order valence-corrected chi connectivity index (χ3v) is 4.95. The molecule has 1 aromatic rings. The number of nitrogens with zero attached hydrogens (tertiary/aromatic N) is 1. The summed E-state index contributed by atoms with van der Waals surface area (Å²) in [6.45, 7) is 9.63. The monoisotopic (exact) mass is 346 g/mol. The highest BCUT2D eigenvalue weighted by Crippen LogP contribution is 2.19. The average molecular weight is 347 g/mol. The van der Waals surface area contributed by atoms with Crippen LogP contribution in [-0.4, -0.2) is 43.1 Å². The summed E-state index contributed by atoms with van der Waals surface area (Å²) in [5.74, 6) is 1.05. The van der Waals surface area contributed by atoms with Gasteiger partial charge in [-0.3, -0.25) is 4.79 Å². The lowest BCUT2D eigenvalue weighted by Gasteiger charge is -2.35. The molecule has 1 N–H and O–H groups in total. The van der Waals surface area contributed by atoms with Gasteiger partial charge in [0.1, 0.15) is 5.75 Å². The quantitative estimate of drug-likeness (QED) is 0.780. The van der Waals surface area contributed by atoms with Crippen LogP contribution >= 0.6 is 0 Å². The minimum absolute atomic E-state index is 0.160. The number of hydrogen-bond acceptors (Lipinski definition) is 3. The third kappa shape index (κ3) is 6.69. The molecule has 4 heteroatoms. The van der Waals surface area contributed by atoms with Crippen LogP contribution in [0.3, 0.4) is 0 Å². The molecule has 1 aliphatic rings. The van der Waals surface area contributed by atoms with Crippen LogP contribution in [0, 0.1) is 6.92 Å². The van der Waals surface area contributed by atoms with Crippen LogP contribution < -0.4 is 10.1 Å². The van der Waals surface area contributed by atoms with Gasteiger partial charge in [-0.1, -0.05) is 12.5 Å². The molecule has 4 nitrogen and oxygen atoms in total. The first-order valence-corrected chi connectivity index (χ1v) is 9.56.